The Morgan fingerprint density at radius 3 is 2.41 bits per heavy atom. The molecule has 7 nitrogen and oxygen atoms in total. The summed E-state index contributed by atoms with van der Waals surface area (Å²) >= 11 is 0. The van der Waals surface area contributed by atoms with E-state index in [0.29, 0.717) is 37.7 Å². The molecule has 27 heavy (non-hydrogen) atoms. The van der Waals surface area contributed by atoms with Crippen LogP contribution in [0.1, 0.15) is 34.9 Å². The Kier molecular flexibility index (Phi) is 3.77. The third-order valence-electron chi connectivity index (χ3n) is 5.20. The third-order valence-corrected chi connectivity index (χ3v) is 5.20. The fourth-order valence-corrected chi connectivity index (χ4v) is 3.47. The molecule has 1 saturated carbocycles. The van der Waals surface area contributed by atoms with Gasteiger partial charge in [0.05, 0.1) is 0 Å². The second-order valence-corrected chi connectivity index (χ2v) is 7.08. The Balaban J connectivity index is 1.30. The maximum atomic E-state index is 13.1. The monoisotopic (exact) mass is 366 g/mol. The van der Waals surface area contributed by atoms with Gasteiger partial charge in [-0.2, -0.15) is 4.52 Å². The first-order valence-electron chi connectivity index (χ1n) is 9.21. The van der Waals surface area contributed by atoms with Crippen LogP contribution in [0.4, 0.5) is 10.2 Å². The van der Waals surface area contributed by atoms with Crippen LogP contribution in [0.25, 0.3) is 5.65 Å². The molecule has 2 aromatic heterocycles. The second kappa shape index (κ2) is 6.29. The molecule has 0 bridgehead atoms. The molecule has 0 spiro atoms. The fourth-order valence-electron chi connectivity index (χ4n) is 3.47. The van der Waals surface area contributed by atoms with Gasteiger partial charge in [0.2, 0.25) is 0 Å². The summed E-state index contributed by atoms with van der Waals surface area (Å²) in [4.78, 5) is 16.5. The number of hydrogen-bond donors (Lipinski definition) is 0. The fraction of sp³-hybridized carbons (Fsp3) is 0.368. The molecule has 0 unspecified atom stereocenters. The molecule has 8 heteroatoms. The highest BCUT2D eigenvalue weighted by Gasteiger charge is 2.30. The van der Waals surface area contributed by atoms with Gasteiger partial charge >= 0.3 is 0 Å². The first kappa shape index (κ1) is 16.2. The van der Waals surface area contributed by atoms with Crippen molar-refractivity contribution >= 4 is 17.4 Å². The molecule has 1 amide bonds. The van der Waals surface area contributed by atoms with Gasteiger partial charge in [-0.05, 0) is 49.2 Å². The Bertz CT molecular complexity index is 989. The van der Waals surface area contributed by atoms with E-state index < -0.39 is 0 Å². The zero-order valence-electron chi connectivity index (χ0n) is 14.8. The quantitative estimate of drug-likeness (QED) is 0.710. The highest BCUT2D eigenvalue weighted by atomic mass is 19.1. The van der Waals surface area contributed by atoms with Crippen LogP contribution < -0.4 is 4.90 Å². The summed E-state index contributed by atoms with van der Waals surface area (Å²) in [6.45, 7) is 2.61. The third kappa shape index (κ3) is 3.01. The summed E-state index contributed by atoms with van der Waals surface area (Å²) in [5.41, 5.74) is 1.29. The molecule has 138 valence electrons. The summed E-state index contributed by atoms with van der Waals surface area (Å²) in [6.07, 6.45) is 2.30. The molecule has 1 aromatic carbocycles. The van der Waals surface area contributed by atoms with Gasteiger partial charge in [0, 0.05) is 37.7 Å². The number of carbonyl (C=O) groups is 1. The van der Waals surface area contributed by atoms with E-state index in [1.165, 1.54) is 24.3 Å². The van der Waals surface area contributed by atoms with E-state index in [9.17, 15) is 9.18 Å². The number of hydrogen-bond acceptors (Lipinski definition) is 5. The predicted molar refractivity (Wildman–Crippen MR) is 97.3 cm³/mol. The van der Waals surface area contributed by atoms with Crippen LogP contribution in [-0.2, 0) is 0 Å². The number of nitrogens with zero attached hydrogens (tertiary/aromatic N) is 6. The first-order chi connectivity index (χ1) is 13.2. The van der Waals surface area contributed by atoms with Gasteiger partial charge in [-0.25, -0.2) is 4.39 Å². The molecule has 5 rings (SSSR count). The zero-order valence-corrected chi connectivity index (χ0v) is 14.8. The van der Waals surface area contributed by atoms with E-state index in [1.807, 2.05) is 16.6 Å². The molecule has 2 aliphatic rings. The van der Waals surface area contributed by atoms with Crippen LogP contribution in [-0.4, -0.2) is 56.8 Å². The number of piperazine rings is 1. The SMILES string of the molecule is O=C(c1ccc(F)cc1)N1CCN(c2ccc3nnc(C4CC4)n3n2)CC1. The lowest BCUT2D eigenvalue weighted by Crippen LogP contribution is -2.49. The molecule has 1 aliphatic heterocycles. The van der Waals surface area contributed by atoms with E-state index >= 15 is 0 Å². The van der Waals surface area contributed by atoms with Crippen LogP contribution in [0.2, 0.25) is 0 Å². The van der Waals surface area contributed by atoms with Crippen molar-refractivity contribution in [3.05, 3.63) is 53.6 Å². The lowest BCUT2D eigenvalue weighted by Gasteiger charge is -2.35. The Labute approximate surface area is 155 Å². The van der Waals surface area contributed by atoms with Crippen LogP contribution in [0, 0.1) is 5.82 Å². The van der Waals surface area contributed by atoms with E-state index in [0.717, 1.165) is 30.1 Å². The lowest BCUT2D eigenvalue weighted by molar-refractivity contribution is 0.0746. The van der Waals surface area contributed by atoms with Crippen molar-refractivity contribution in [2.45, 2.75) is 18.8 Å². The van der Waals surface area contributed by atoms with E-state index in [4.69, 9.17) is 5.10 Å². The standard InChI is InChI=1S/C19H19FN6O/c20-15-5-3-14(4-6-15)19(27)25-11-9-24(10-12-25)17-8-7-16-21-22-18(13-1-2-13)26(16)23-17/h3-8,13H,1-2,9-12H2. The van der Waals surface area contributed by atoms with Gasteiger partial charge in [-0.3, -0.25) is 4.79 Å². The average Bonchev–Trinajstić information content (AvgIpc) is 3.47. The minimum atomic E-state index is -0.336. The van der Waals surface area contributed by atoms with Crippen molar-refractivity contribution in [1.82, 2.24) is 24.7 Å². The smallest absolute Gasteiger partial charge is 0.253 e. The van der Waals surface area contributed by atoms with Crippen molar-refractivity contribution in [1.29, 1.82) is 0 Å². The highest BCUT2D eigenvalue weighted by molar-refractivity contribution is 5.94. The molecule has 0 atom stereocenters. The number of benzene rings is 1. The average molecular weight is 366 g/mol. The summed E-state index contributed by atoms with van der Waals surface area (Å²) in [7, 11) is 0. The molecular weight excluding hydrogens is 347 g/mol. The van der Waals surface area contributed by atoms with Gasteiger partial charge in [0.25, 0.3) is 5.91 Å². The minimum absolute atomic E-state index is 0.0621. The molecule has 3 heterocycles. The lowest BCUT2D eigenvalue weighted by atomic mass is 10.2. The molecule has 3 aromatic rings. The Morgan fingerprint density at radius 1 is 0.963 bits per heavy atom. The minimum Gasteiger partial charge on any atom is -0.352 e. The Hall–Kier alpha value is -3.03. The number of rotatable bonds is 3. The van der Waals surface area contributed by atoms with Crippen molar-refractivity contribution in [3.63, 3.8) is 0 Å². The molecule has 0 N–H and O–H groups in total. The zero-order chi connectivity index (χ0) is 18.4. The topological polar surface area (TPSA) is 66.6 Å². The van der Waals surface area contributed by atoms with Gasteiger partial charge < -0.3 is 9.80 Å². The van der Waals surface area contributed by atoms with Gasteiger partial charge in [-0.15, -0.1) is 15.3 Å². The van der Waals surface area contributed by atoms with Crippen LogP contribution in [0.15, 0.2) is 36.4 Å². The number of fused-ring (bicyclic) bond motifs is 1. The number of anilines is 1. The van der Waals surface area contributed by atoms with Crippen molar-refractivity contribution in [3.8, 4) is 0 Å². The van der Waals surface area contributed by atoms with E-state index in [-0.39, 0.29) is 11.7 Å². The molecular formula is C19H19FN6O. The van der Waals surface area contributed by atoms with E-state index in [1.54, 1.807) is 4.90 Å². The molecule has 2 fully saturated rings. The van der Waals surface area contributed by atoms with Crippen LogP contribution in [0.3, 0.4) is 0 Å². The van der Waals surface area contributed by atoms with Crippen LogP contribution >= 0.6 is 0 Å². The predicted octanol–water partition coefficient (Wildman–Crippen LogP) is 2.10. The first-order valence-corrected chi connectivity index (χ1v) is 9.21. The van der Waals surface area contributed by atoms with Gasteiger partial charge in [0.1, 0.15) is 11.6 Å². The molecule has 1 saturated heterocycles. The number of halogens is 1. The summed E-state index contributed by atoms with van der Waals surface area (Å²) in [5, 5.41) is 13.2. The van der Waals surface area contributed by atoms with E-state index in [2.05, 4.69) is 15.1 Å². The largest absolute Gasteiger partial charge is 0.352 e. The second-order valence-electron chi connectivity index (χ2n) is 7.08. The maximum Gasteiger partial charge on any atom is 0.253 e. The summed E-state index contributed by atoms with van der Waals surface area (Å²) < 4.78 is 14.9. The number of aromatic nitrogens is 4. The van der Waals surface area contributed by atoms with Crippen molar-refractivity contribution in [2.24, 2.45) is 0 Å². The van der Waals surface area contributed by atoms with Crippen molar-refractivity contribution < 1.29 is 9.18 Å². The number of amides is 1. The Morgan fingerprint density at radius 2 is 1.70 bits per heavy atom. The normalized spacial score (nSPS) is 17.5. The van der Waals surface area contributed by atoms with Crippen molar-refractivity contribution in [2.75, 3.05) is 31.1 Å². The maximum absolute atomic E-state index is 13.1. The summed E-state index contributed by atoms with van der Waals surface area (Å²) in [6, 6.07) is 9.60. The van der Waals surface area contributed by atoms with Gasteiger partial charge in [0.15, 0.2) is 11.5 Å². The molecule has 0 radical (unpaired) electrons. The van der Waals surface area contributed by atoms with Gasteiger partial charge in [-0.1, -0.05) is 0 Å². The molecule has 1 aliphatic carbocycles. The van der Waals surface area contributed by atoms with Crippen LogP contribution in [0.5, 0.6) is 0 Å². The summed E-state index contributed by atoms with van der Waals surface area (Å²) in [5.74, 6) is 1.90. The highest BCUT2D eigenvalue weighted by Crippen LogP contribution is 2.38. The number of carbonyl (C=O) groups excluding carboxylic acids is 1.